The fourth-order valence-corrected chi connectivity index (χ4v) is 0. The van der Waals surface area contributed by atoms with Gasteiger partial charge in [0.2, 0.25) is 0 Å². The van der Waals surface area contributed by atoms with Gasteiger partial charge in [-0.3, -0.25) is 0 Å². The second-order valence-corrected chi connectivity index (χ2v) is 0. The Labute approximate surface area is 66.8 Å². The number of rotatable bonds is 0. The summed E-state index contributed by atoms with van der Waals surface area (Å²) in [5, 5.41) is 0. The first-order valence-corrected chi connectivity index (χ1v) is 0. The van der Waals surface area contributed by atoms with Crippen LogP contribution < -0.4 is 24.8 Å². The number of halogens is 2. The van der Waals surface area contributed by atoms with E-state index in [9.17, 15) is 0 Å². The van der Waals surface area contributed by atoms with Crippen LogP contribution in [0.3, 0.4) is 0 Å². The van der Waals surface area contributed by atoms with E-state index in [1.54, 1.807) is 0 Å². The maximum Gasteiger partial charge on any atom is 2.00 e. The average molecular weight is 199 g/mol. The standard InChI is InChI=1S/2ClH.Cu.4H2N/h2*1H;;4*1H2/q;;+2;4*-1/p-2. The van der Waals surface area contributed by atoms with Crippen LogP contribution in [0.15, 0.2) is 0 Å². The molecule has 0 unspecified atom stereocenters. The normalized spacial score (nSPS) is 0. The fraction of sp³-hybridized carbons (Fsp3) is 0. The molecule has 0 saturated carbocycles. The number of hydrogen-bond acceptors (Lipinski definition) is 0. The zero-order chi connectivity index (χ0) is 0. The largest absolute Gasteiger partial charge is 2.00 e. The minimum Gasteiger partial charge on any atom is -1.00 e. The van der Waals surface area contributed by atoms with Crippen molar-refractivity contribution in [1.82, 2.24) is 0 Å². The van der Waals surface area contributed by atoms with Crippen molar-refractivity contribution in [1.29, 1.82) is 0 Å². The van der Waals surface area contributed by atoms with Crippen molar-refractivity contribution in [2.45, 2.75) is 0 Å². The van der Waals surface area contributed by atoms with Crippen molar-refractivity contribution < 1.29 is 41.9 Å². The molecular weight excluding hydrogens is 190 g/mol. The average Bonchev–Trinajstić information content (AvgIpc) is 0. The predicted molar refractivity (Wildman–Crippen MR) is 21.1 cm³/mol. The topological polar surface area (TPSA) is 134 Å². The number of hydrogen-bond donors (Lipinski definition) is 0. The third-order valence-electron chi connectivity index (χ3n) is 0. The molecule has 0 aromatic carbocycles. The van der Waals surface area contributed by atoms with E-state index in [2.05, 4.69) is 0 Å². The molecule has 0 aliphatic rings. The first-order chi connectivity index (χ1) is 0. The first-order valence-electron chi connectivity index (χ1n) is 0. The van der Waals surface area contributed by atoms with Gasteiger partial charge in [-0.15, -0.1) is 0 Å². The van der Waals surface area contributed by atoms with Gasteiger partial charge in [0.05, 0.1) is 0 Å². The van der Waals surface area contributed by atoms with Gasteiger partial charge in [0.25, 0.3) is 0 Å². The molecule has 0 rings (SSSR count). The monoisotopic (exact) mass is 197 g/mol. The third kappa shape index (κ3) is 192. The Bertz CT molecular complexity index is 9.65. The van der Waals surface area contributed by atoms with Crippen LogP contribution in [0.25, 0.3) is 24.6 Å². The minimum atomic E-state index is 0. The van der Waals surface area contributed by atoms with Crippen LogP contribution in [0.4, 0.5) is 0 Å². The van der Waals surface area contributed by atoms with Gasteiger partial charge in [-0.05, 0) is 0 Å². The Morgan fingerprint density at radius 3 is 0.429 bits per heavy atom. The summed E-state index contributed by atoms with van der Waals surface area (Å²) in [7, 11) is 0. The summed E-state index contributed by atoms with van der Waals surface area (Å²) in [6, 6.07) is 0. The van der Waals surface area contributed by atoms with E-state index in [1.165, 1.54) is 0 Å². The van der Waals surface area contributed by atoms with Crippen LogP contribution in [0, 0.1) is 0 Å². The van der Waals surface area contributed by atoms with Crippen molar-refractivity contribution in [3.63, 3.8) is 0 Å². The summed E-state index contributed by atoms with van der Waals surface area (Å²) >= 11 is 0. The summed E-state index contributed by atoms with van der Waals surface area (Å²) in [5.41, 5.74) is 0. The van der Waals surface area contributed by atoms with Gasteiger partial charge in [0.1, 0.15) is 0 Å². The Balaban J connectivity index is 0. The number of nitrogens with two attached hydrogens (primary N) is 4. The van der Waals surface area contributed by atoms with Crippen molar-refractivity contribution in [3.05, 3.63) is 24.6 Å². The van der Waals surface area contributed by atoms with E-state index in [0.717, 1.165) is 0 Å². The third-order valence-corrected chi connectivity index (χ3v) is 0. The zero-order valence-electron chi connectivity index (χ0n) is 3.37. The zero-order valence-corrected chi connectivity index (χ0v) is 5.82. The van der Waals surface area contributed by atoms with Gasteiger partial charge in [0.15, 0.2) is 0 Å². The Kier molecular flexibility index (Phi) is 17200. The van der Waals surface area contributed by atoms with Crippen LogP contribution in [-0.2, 0) is 17.1 Å². The summed E-state index contributed by atoms with van der Waals surface area (Å²) < 4.78 is 0. The molecule has 0 spiro atoms. The van der Waals surface area contributed by atoms with Crippen molar-refractivity contribution in [2.75, 3.05) is 0 Å². The van der Waals surface area contributed by atoms with Crippen LogP contribution in [0.5, 0.6) is 0 Å². The molecule has 0 heterocycles. The van der Waals surface area contributed by atoms with Crippen molar-refractivity contribution in [2.24, 2.45) is 0 Å². The molecule has 0 aliphatic heterocycles. The first kappa shape index (κ1) is 433. The molecule has 0 atom stereocenters. The second kappa shape index (κ2) is 277. The second-order valence-electron chi connectivity index (χ2n) is 0. The summed E-state index contributed by atoms with van der Waals surface area (Å²) in [6.45, 7) is 0. The van der Waals surface area contributed by atoms with Crippen molar-refractivity contribution >= 4 is 0 Å². The summed E-state index contributed by atoms with van der Waals surface area (Å²) in [6.07, 6.45) is 0. The molecule has 1 radical (unpaired) electrons. The maximum absolute atomic E-state index is 0. The fourth-order valence-electron chi connectivity index (χ4n) is 0. The molecule has 0 aromatic rings. The molecule has 0 bridgehead atoms. The van der Waals surface area contributed by atoms with E-state index in [1.807, 2.05) is 0 Å². The Morgan fingerprint density at radius 2 is 0.429 bits per heavy atom. The quantitative estimate of drug-likeness (QED) is 0.364. The van der Waals surface area contributed by atoms with Crippen LogP contribution in [0.2, 0.25) is 0 Å². The van der Waals surface area contributed by atoms with Crippen LogP contribution in [0.1, 0.15) is 0 Å². The van der Waals surface area contributed by atoms with Crippen LogP contribution in [-0.4, -0.2) is 0 Å². The molecule has 0 saturated heterocycles. The van der Waals surface area contributed by atoms with Gasteiger partial charge < -0.3 is 49.4 Å². The molecule has 0 aliphatic carbocycles. The molecule has 0 fully saturated rings. The van der Waals surface area contributed by atoms with Gasteiger partial charge >= 0.3 is 17.1 Å². The molecule has 0 aromatic heterocycles. The SMILES string of the molecule is [Cl-].[Cl-].[Cu+2].[NH2-].[NH2-].[NH2-].[NH2-]. The van der Waals surface area contributed by atoms with Crippen LogP contribution >= 0.6 is 0 Å². The van der Waals surface area contributed by atoms with Crippen molar-refractivity contribution in [3.8, 4) is 0 Å². The molecule has 4 nitrogen and oxygen atoms in total. The molecule has 7 heavy (non-hydrogen) atoms. The van der Waals surface area contributed by atoms with Gasteiger partial charge in [-0.1, -0.05) is 0 Å². The maximum atomic E-state index is 0. The predicted octanol–water partition coefficient (Wildman–Crippen LogP) is -3.13. The molecular formula is H8Cl2CuN4-4. The Morgan fingerprint density at radius 1 is 0.429 bits per heavy atom. The summed E-state index contributed by atoms with van der Waals surface area (Å²) in [4.78, 5) is 0. The summed E-state index contributed by atoms with van der Waals surface area (Å²) in [5.74, 6) is 0. The van der Waals surface area contributed by atoms with E-state index in [0.29, 0.717) is 0 Å². The van der Waals surface area contributed by atoms with Gasteiger partial charge in [0, 0.05) is 0 Å². The van der Waals surface area contributed by atoms with Gasteiger partial charge in [-0.25, -0.2) is 0 Å². The van der Waals surface area contributed by atoms with E-state index in [-0.39, 0.29) is 66.5 Å². The van der Waals surface area contributed by atoms with E-state index >= 15 is 0 Å². The smallest absolute Gasteiger partial charge is 1.00 e. The Hall–Kier alpha value is 0.939. The van der Waals surface area contributed by atoms with E-state index in [4.69, 9.17) is 0 Å². The molecule has 57 valence electrons. The van der Waals surface area contributed by atoms with Gasteiger partial charge in [-0.2, -0.15) is 0 Å². The molecule has 0 amide bonds. The van der Waals surface area contributed by atoms with E-state index < -0.39 is 0 Å². The minimum absolute atomic E-state index is 0. The molecule has 8 N–H and O–H groups in total. The molecule has 7 heteroatoms.